The number of pyridine rings is 1. The molecule has 3 nitrogen and oxygen atoms in total. The number of aromatic nitrogens is 1. The van der Waals surface area contributed by atoms with Crippen molar-refractivity contribution >= 4 is 5.82 Å². The molecule has 1 aromatic rings. The van der Waals surface area contributed by atoms with Crippen LogP contribution in [0.2, 0.25) is 0 Å². The topological polar surface area (TPSA) is 28.2 Å². The fourth-order valence-electron chi connectivity index (χ4n) is 2.29. The second-order valence-corrected chi connectivity index (χ2v) is 4.43. The summed E-state index contributed by atoms with van der Waals surface area (Å²) in [6, 6.07) is 6.78. The van der Waals surface area contributed by atoms with Crippen LogP contribution in [0.25, 0.3) is 0 Å². The molecule has 0 spiro atoms. The normalized spacial score (nSPS) is 19.9. The van der Waals surface area contributed by atoms with Gasteiger partial charge in [-0.15, -0.1) is 0 Å². The molecule has 0 aromatic carbocycles. The Morgan fingerprint density at radius 1 is 1.50 bits per heavy atom. The maximum Gasteiger partial charge on any atom is 0.128 e. The Labute approximate surface area is 97.9 Å². The van der Waals surface area contributed by atoms with E-state index in [2.05, 4.69) is 34.3 Å². The highest BCUT2D eigenvalue weighted by Gasteiger charge is 2.18. The summed E-state index contributed by atoms with van der Waals surface area (Å²) in [4.78, 5) is 6.83. The molecule has 3 heteroatoms. The minimum Gasteiger partial charge on any atom is -0.355 e. The van der Waals surface area contributed by atoms with E-state index < -0.39 is 0 Å². The fraction of sp³-hybridized carbons (Fsp3) is 0.615. The number of rotatable bonds is 5. The predicted molar refractivity (Wildman–Crippen MR) is 67.8 cm³/mol. The third kappa shape index (κ3) is 2.95. The van der Waals surface area contributed by atoms with Crippen molar-refractivity contribution in [2.24, 2.45) is 0 Å². The SMILES string of the molecule is CCCN(CC1CCCN1)c1ccccn1. The van der Waals surface area contributed by atoms with Gasteiger partial charge in [-0.25, -0.2) is 4.98 Å². The molecule has 0 amide bonds. The summed E-state index contributed by atoms with van der Waals surface area (Å²) in [5.41, 5.74) is 0. The molecule has 1 fully saturated rings. The van der Waals surface area contributed by atoms with Gasteiger partial charge in [0.15, 0.2) is 0 Å². The molecule has 0 radical (unpaired) electrons. The van der Waals surface area contributed by atoms with Crippen LogP contribution in [-0.2, 0) is 0 Å². The second-order valence-electron chi connectivity index (χ2n) is 4.43. The van der Waals surface area contributed by atoms with Gasteiger partial charge in [0.05, 0.1) is 0 Å². The number of anilines is 1. The Balaban J connectivity index is 1.99. The molecule has 1 aliphatic rings. The van der Waals surface area contributed by atoms with Crippen molar-refractivity contribution in [2.45, 2.75) is 32.2 Å². The largest absolute Gasteiger partial charge is 0.355 e. The van der Waals surface area contributed by atoms with Crippen molar-refractivity contribution < 1.29 is 0 Å². The summed E-state index contributed by atoms with van der Waals surface area (Å²) < 4.78 is 0. The molecule has 1 unspecified atom stereocenters. The summed E-state index contributed by atoms with van der Waals surface area (Å²) in [7, 11) is 0. The standard InChI is InChI=1S/C13H21N3/c1-2-10-16(11-12-6-5-9-14-12)13-7-3-4-8-15-13/h3-4,7-8,12,14H,2,5-6,9-11H2,1H3. The number of nitrogens with one attached hydrogen (secondary N) is 1. The molecule has 1 N–H and O–H groups in total. The lowest BCUT2D eigenvalue weighted by molar-refractivity contribution is 0.575. The van der Waals surface area contributed by atoms with Crippen molar-refractivity contribution in [1.29, 1.82) is 0 Å². The van der Waals surface area contributed by atoms with E-state index in [1.165, 1.54) is 25.8 Å². The first-order valence-corrected chi connectivity index (χ1v) is 6.29. The quantitative estimate of drug-likeness (QED) is 0.821. The van der Waals surface area contributed by atoms with Crippen LogP contribution in [0.15, 0.2) is 24.4 Å². The highest BCUT2D eigenvalue weighted by atomic mass is 15.2. The van der Waals surface area contributed by atoms with Crippen LogP contribution in [0, 0.1) is 0 Å². The molecular formula is C13H21N3. The number of nitrogens with zero attached hydrogens (tertiary/aromatic N) is 2. The highest BCUT2D eigenvalue weighted by molar-refractivity contribution is 5.37. The van der Waals surface area contributed by atoms with E-state index in [9.17, 15) is 0 Å². The number of hydrogen-bond acceptors (Lipinski definition) is 3. The Hall–Kier alpha value is -1.09. The summed E-state index contributed by atoms with van der Waals surface area (Å²) in [6.07, 6.45) is 5.66. The van der Waals surface area contributed by atoms with Gasteiger partial charge in [0.25, 0.3) is 0 Å². The zero-order valence-corrected chi connectivity index (χ0v) is 10.0. The van der Waals surface area contributed by atoms with E-state index in [-0.39, 0.29) is 0 Å². The Bertz CT molecular complexity index is 293. The van der Waals surface area contributed by atoms with Crippen LogP contribution >= 0.6 is 0 Å². The molecule has 0 bridgehead atoms. The Kier molecular flexibility index (Phi) is 4.17. The molecule has 0 saturated carbocycles. The van der Waals surface area contributed by atoms with Gasteiger partial charge in [-0.3, -0.25) is 0 Å². The molecule has 1 saturated heterocycles. The zero-order valence-electron chi connectivity index (χ0n) is 10.0. The minimum absolute atomic E-state index is 0.647. The van der Waals surface area contributed by atoms with Crippen LogP contribution in [0.4, 0.5) is 5.82 Å². The van der Waals surface area contributed by atoms with Crippen molar-refractivity contribution in [3.8, 4) is 0 Å². The lowest BCUT2D eigenvalue weighted by Crippen LogP contribution is -2.38. The van der Waals surface area contributed by atoms with E-state index in [0.29, 0.717) is 6.04 Å². The van der Waals surface area contributed by atoms with Crippen molar-refractivity contribution in [1.82, 2.24) is 10.3 Å². The van der Waals surface area contributed by atoms with Crippen molar-refractivity contribution in [3.05, 3.63) is 24.4 Å². The molecule has 0 aliphatic carbocycles. The first kappa shape index (κ1) is 11.4. The molecule has 2 heterocycles. The average molecular weight is 219 g/mol. The molecule has 1 atom stereocenters. The lowest BCUT2D eigenvalue weighted by atomic mass is 10.2. The highest BCUT2D eigenvalue weighted by Crippen LogP contribution is 2.13. The predicted octanol–water partition coefficient (Wildman–Crippen LogP) is 2.05. The van der Waals surface area contributed by atoms with Crippen molar-refractivity contribution in [2.75, 3.05) is 24.5 Å². The van der Waals surface area contributed by atoms with Gasteiger partial charge in [-0.2, -0.15) is 0 Å². The van der Waals surface area contributed by atoms with Gasteiger partial charge in [0.1, 0.15) is 5.82 Å². The van der Waals surface area contributed by atoms with Gasteiger partial charge < -0.3 is 10.2 Å². The summed E-state index contributed by atoms with van der Waals surface area (Å²) >= 11 is 0. The minimum atomic E-state index is 0.647. The zero-order chi connectivity index (χ0) is 11.2. The van der Waals surface area contributed by atoms with Crippen LogP contribution in [0.1, 0.15) is 26.2 Å². The second kappa shape index (κ2) is 5.85. The maximum absolute atomic E-state index is 4.44. The van der Waals surface area contributed by atoms with E-state index in [4.69, 9.17) is 0 Å². The third-order valence-electron chi connectivity index (χ3n) is 3.07. The first-order chi connectivity index (χ1) is 7.90. The van der Waals surface area contributed by atoms with Crippen LogP contribution in [0.3, 0.4) is 0 Å². The van der Waals surface area contributed by atoms with Gasteiger partial charge >= 0.3 is 0 Å². The first-order valence-electron chi connectivity index (χ1n) is 6.29. The van der Waals surface area contributed by atoms with Gasteiger partial charge in [0.2, 0.25) is 0 Å². The Morgan fingerprint density at radius 3 is 3.06 bits per heavy atom. The fourth-order valence-corrected chi connectivity index (χ4v) is 2.29. The third-order valence-corrected chi connectivity index (χ3v) is 3.07. The van der Waals surface area contributed by atoms with Gasteiger partial charge in [0, 0.05) is 25.3 Å². The summed E-state index contributed by atoms with van der Waals surface area (Å²) in [6.45, 7) is 5.57. The average Bonchev–Trinajstić information content (AvgIpc) is 2.83. The van der Waals surface area contributed by atoms with Gasteiger partial charge in [-0.05, 0) is 37.9 Å². The van der Waals surface area contributed by atoms with Crippen molar-refractivity contribution in [3.63, 3.8) is 0 Å². The van der Waals surface area contributed by atoms with Gasteiger partial charge in [-0.1, -0.05) is 13.0 Å². The molecule has 1 aromatic heterocycles. The maximum atomic E-state index is 4.44. The van der Waals surface area contributed by atoms with E-state index >= 15 is 0 Å². The smallest absolute Gasteiger partial charge is 0.128 e. The van der Waals surface area contributed by atoms with E-state index in [1.54, 1.807) is 0 Å². The summed E-state index contributed by atoms with van der Waals surface area (Å²) in [5.74, 6) is 1.11. The molecule has 2 rings (SSSR count). The lowest BCUT2D eigenvalue weighted by Gasteiger charge is -2.26. The number of hydrogen-bond donors (Lipinski definition) is 1. The molecule has 16 heavy (non-hydrogen) atoms. The van der Waals surface area contributed by atoms with E-state index in [1.807, 2.05) is 12.3 Å². The Morgan fingerprint density at radius 2 is 2.44 bits per heavy atom. The molecule has 1 aliphatic heterocycles. The summed E-state index contributed by atoms with van der Waals surface area (Å²) in [5, 5.41) is 3.55. The van der Waals surface area contributed by atoms with Crippen LogP contribution in [0.5, 0.6) is 0 Å². The monoisotopic (exact) mass is 219 g/mol. The molecule has 88 valence electrons. The van der Waals surface area contributed by atoms with E-state index in [0.717, 1.165) is 18.9 Å². The molecular weight excluding hydrogens is 198 g/mol. The van der Waals surface area contributed by atoms with Crippen LogP contribution in [-0.4, -0.2) is 30.7 Å². The van der Waals surface area contributed by atoms with Crippen LogP contribution < -0.4 is 10.2 Å².